The molecule has 7 nitrogen and oxygen atoms in total. The molecule has 0 saturated carbocycles. The minimum Gasteiger partial charge on any atom is -0.245 e. The van der Waals surface area contributed by atoms with E-state index in [0.29, 0.717) is 18.1 Å². The largest absolute Gasteiger partial charge is 0.245 e. The molecular formula is C21H21N7S. The number of thiol groups is 1. The summed E-state index contributed by atoms with van der Waals surface area (Å²) in [6.45, 7) is 2.67. The second-order valence-corrected chi connectivity index (χ2v) is 6.84. The van der Waals surface area contributed by atoms with E-state index in [0.717, 1.165) is 40.3 Å². The van der Waals surface area contributed by atoms with Gasteiger partial charge in [-0.3, -0.25) is 0 Å². The van der Waals surface area contributed by atoms with Gasteiger partial charge in [0.2, 0.25) is 0 Å². The Labute approximate surface area is 174 Å². The summed E-state index contributed by atoms with van der Waals surface area (Å²) in [6.07, 6.45) is 4.87. The van der Waals surface area contributed by atoms with Gasteiger partial charge in [0.1, 0.15) is 5.82 Å². The van der Waals surface area contributed by atoms with Gasteiger partial charge in [-0.1, -0.05) is 60.7 Å². The fourth-order valence-corrected chi connectivity index (χ4v) is 3.31. The highest BCUT2D eigenvalue weighted by atomic mass is 32.1. The van der Waals surface area contributed by atoms with Crippen LogP contribution in [0.3, 0.4) is 0 Å². The highest BCUT2D eigenvalue weighted by Crippen LogP contribution is 2.29. The lowest BCUT2D eigenvalue weighted by Gasteiger charge is -2.09. The van der Waals surface area contributed by atoms with Crippen molar-refractivity contribution in [2.45, 2.75) is 25.6 Å². The number of tetrazole rings is 1. The van der Waals surface area contributed by atoms with Gasteiger partial charge in [0.15, 0.2) is 11.6 Å². The smallest absolute Gasteiger partial charge is 0.180 e. The first-order valence-electron chi connectivity index (χ1n) is 9.35. The maximum atomic E-state index is 4.57. The molecule has 0 saturated heterocycles. The summed E-state index contributed by atoms with van der Waals surface area (Å²) < 4.78 is 1.95. The molecule has 0 bridgehead atoms. The SMILES string of the molecule is CC=CCc1nc(CS)nn1Cc1ccc(-c2ccccc2-c2nnn[nH]2)cc1. The van der Waals surface area contributed by atoms with Crippen LogP contribution >= 0.6 is 12.6 Å². The lowest BCUT2D eigenvalue weighted by Crippen LogP contribution is -2.06. The van der Waals surface area contributed by atoms with Gasteiger partial charge in [-0.25, -0.2) is 14.8 Å². The van der Waals surface area contributed by atoms with Gasteiger partial charge in [0.05, 0.1) is 12.3 Å². The van der Waals surface area contributed by atoms with Crippen molar-refractivity contribution in [3.05, 3.63) is 77.9 Å². The highest BCUT2D eigenvalue weighted by molar-refractivity contribution is 7.79. The molecule has 0 radical (unpaired) electrons. The van der Waals surface area contributed by atoms with Crippen molar-refractivity contribution >= 4 is 12.6 Å². The number of aromatic amines is 1. The summed E-state index contributed by atoms with van der Waals surface area (Å²) in [4.78, 5) is 4.57. The molecular weight excluding hydrogens is 382 g/mol. The van der Waals surface area contributed by atoms with Crippen molar-refractivity contribution in [1.82, 2.24) is 35.4 Å². The maximum absolute atomic E-state index is 4.57. The van der Waals surface area contributed by atoms with Gasteiger partial charge in [0, 0.05) is 12.0 Å². The Kier molecular flexibility index (Phi) is 5.81. The third-order valence-corrected chi connectivity index (χ3v) is 4.88. The Morgan fingerprint density at radius 3 is 2.55 bits per heavy atom. The fourth-order valence-electron chi connectivity index (χ4n) is 3.17. The molecule has 4 rings (SSSR count). The molecule has 0 amide bonds. The van der Waals surface area contributed by atoms with Crippen LogP contribution in [-0.4, -0.2) is 35.4 Å². The van der Waals surface area contributed by atoms with E-state index < -0.39 is 0 Å². The van der Waals surface area contributed by atoms with Gasteiger partial charge in [0.25, 0.3) is 0 Å². The van der Waals surface area contributed by atoms with E-state index in [-0.39, 0.29) is 0 Å². The number of nitrogens with zero attached hydrogens (tertiary/aromatic N) is 6. The van der Waals surface area contributed by atoms with Crippen LogP contribution in [0, 0.1) is 0 Å². The number of hydrogen-bond donors (Lipinski definition) is 2. The van der Waals surface area contributed by atoms with Crippen molar-refractivity contribution in [1.29, 1.82) is 0 Å². The summed E-state index contributed by atoms with van der Waals surface area (Å²) in [7, 11) is 0. The number of rotatable bonds is 7. The summed E-state index contributed by atoms with van der Waals surface area (Å²) in [5.41, 5.74) is 4.30. The molecule has 29 heavy (non-hydrogen) atoms. The molecule has 8 heteroatoms. The molecule has 2 heterocycles. The quantitative estimate of drug-likeness (QED) is 0.363. The maximum Gasteiger partial charge on any atom is 0.180 e. The zero-order valence-electron chi connectivity index (χ0n) is 16.0. The van der Waals surface area contributed by atoms with Gasteiger partial charge in [-0.2, -0.15) is 17.7 Å². The summed E-state index contributed by atoms with van der Waals surface area (Å²) in [6, 6.07) is 16.5. The molecule has 146 valence electrons. The van der Waals surface area contributed by atoms with E-state index in [1.54, 1.807) is 0 Å². The molecule has 2 aromatic carbocycles. The summed E-state index contributed by atoms with van der Waals surface area (Å²) >= 11 is 4.30. The van der Waals surface area contributed by atoms with Crippen molar-refractivity contribution in [3.8, 4) is 22.5 Å². The predicted octanol–water partition coefficient (Wildman–Crippen LogP) is 3.72. The molecule has 0 fully saturated rings. The van der Waals surface area contributed by atoms with Crippen molar-refractivity contribution in [2.75, 3.05) is 0 Å². The Morgan fingerprint density at radius 2 is 1.86 bits per heavy atom. The van der Waals surface area contributed by atoms with Crippen LogP contribution < -0.4 is 0 Å². The second-order valence-electron chi connectivity index (χ2n) is 6.53. The first kappa shape index (κ1) is 19.1. The minimum absolute atomic E-state index is 0.530. The Bertz CT molecular complexity index is 1100. The van der Waals surface area contributed by atoms with Gasteiger partial charge < -0.3 is 0 Å². The van der Waals surface area contributed by atoms with Crippen LogP contribution in [0.4, 0.5) is 0 Å². The van der Waals surface area contributed by atoms with Crippen LogP contribution in [0.1, 0.15) is 24.1 Å². The van der Waals surface area contributed by atoms with Gasteiger partial charge in [-0.05, 0) is 34.0 Å². The monoisotopic (exact) mass is 403 g/mol. The molecule has 0 aliphatic carbocycles. The highest BCUT2D eigenvalue weighted by Gasteiger charge is 2.11. The number of allylic oxidation sites excluding steroid dienone is 2. The number of nitrogens with one attached hydrogen (secondary N) is 1. The predicted molar refractivity (Wildman–Crippen MR) is 115 cm³/mol. The van der Waals surface area contributed by atoms with Gasteiger partial charge in [-0.15, -0.1) is 5.10 Å². The third kappa shape index (κ3) is 4.27. The lowest BCUT2D eigenvalue weighted by molar-refractivity contribution is 0.646. The molecule has 4 aromatic rings. The van der Waals surface area contributed by atoms with Crippen LogP contribution in [0.15, 0.2) is 60.7 Å². The average molecular weight is 404 g/mol. The van der Waals surface area contributed by atoms with Crippen LogP contribution in [-0.2, 0) is 18.7 Å². The van der Waals surface area contributed by atoms with Crippen LogP contribution in [0.2, 0.25) is 0 Å². The van der Waals surface area contributed by atoms with E-state index in [4.69, 9.17) is 0 Å². The van der Waals surface area contributed by atoms with Crippen molar-refractivity contribution in [2.24, 2.45) is 0 Å². The second kappa shape index (κ2) is 8.83. The first-order valence-corrected chi connectivity index (χ1v) is 9.98. The van der Waals surface area contributed by atoms with Crippen molar-refractivity contribution in [3.63, 3.8) is 0 Å². The zero-order chi connectivity index (χ0) is 20.1. The molecule has 2 aromatic heterocycles. The Hall–Kier alpha value is -3.26. The number of aromatic nitrogens is 7. The van der Waals surface area contributed by atoms with Crippen molar-refractivity contribution < 1.29 is 0 Å². The number of benzene rings is 2. The minimum atomic E-state index is 0.530. The summed E-state index contributed by atoms with van der Waals surface area (Å²) in [5.74, 6) is 2.88. The van der Waals surface area contributed by atoms with E-state index in [1.807, 2.05) is 35.9 Å². The molecule has 1 N–H and O–H groups in total. The average Bonchev–Trinajstić information content (AvgIpc) is 3.43. The van der Waals surface area contributed by atoms with E-state index in [1.165, 1.54) is 0 Å². The lowest BCUT2D eigenvalue weighted by atomic mass is 9.98. The third-order valence-electron chi connectivity index (χ3n) is 4.59. The van der Waals surface area contributed by atoms with E-state index in [9.17, 15) is 0 Å². The Morgan fingerprint density at radius 1 is 1.07 bits per heavy atom. The topological polar surface area (TPSA) is 85.2 Å². The fraction of sp³-hybridized carbons (Fsp3) is 0.190. The molecule has 0 aliphatic rings. The molecule has 0 unspecified atom stereocenters. The van der Waals surface area contributed by atoms with Crippen LogP contribution in [0.25, 0.3) is 22.5 Å². The van der Waals surface area contributed by atoms with E-state index in [2.05, 4.69) is 79.7 Å². The number of H-pyrrole nitrogens is 1. The molecule has 0 aliphatic heterocycles. The molecule has 0 spiro atoms. The first-order chi connectivity index (χ1) is 14.3. The standard InChI is InChI=1S/C21H21N7S/c1-2-3-8-20-22-19(14-29)25-28(20)13-15-9-11-16(12-10-15)17-6-4-5-7-18(17)21-23-26-27-24-21/h2-7,9-12,29H,8,13-14H2,1H3,(H,23,24,26,27). The summed E-state index contributed by atoms with van der Waals surface area (Å²) in [5, 5.41) is 18.8. The molecule has 0 atom stereocenters. The van der Waals surface area contributed by atoms with Gasteiger partial charge >= 0.3 is 0 Å². The number of hydrogen-bond acceptors (Lipinski definition) is 6. The van der Waals surface area contributed by atoms with Crippen LogP contribution in [0.5, 0.6) is 0 Å². The van der Waals surface area contributed by atoms with E-state index >= 15 is 0 Å². The zero-order valence-corrected chi connectivity index (χ0v) is 16.9. The Balaban J connectivity index is 1.60. The normalized spacial score (nSPS) is 11.4.